The quantitative estimate of drug-likeness (QED) is 0.210. The van der Waals surface area contributed by atoms with Gasteiger partial charge >= 0.3 is 5.65 Å². The van der Waals surface area contributed by atoms with Gasteiger partial charge in [-0.1, -0.05) is 32.0 Å². The van der Waals surface area contributed by atoms with Gasteiger partial charge in [0, 0.05) is 56.3 Å². The van der Waals surface area contributed by atoms with Crippen molar-refractivity contribution < 1.29 is 9.13 Å². The molecule has 7 aromatic rings. The van der Waals surface area contributed by atoms with Crippen LogP contribution in [-0.2, 0) is 5.54 Å². The van der Waals surface area contributed by atoms with Crippen molar-refractivity contribution in [2.45, 2.75) is 39.2 Å². The zero-order chi connectivity index (χ0) is 28.2. The number of benzene rings is 2. The molecule has 0 unspecified atom stereocenters. The third kappa shape index (κ3) is 2.91. The van der Waals surface area contributed by atoms with Crippen LogP contribution in [0.5, 0.6) is 0 Å². The van der Waals surface area contributed by atoms with Crippen LogP contribution < -0.4 is 9.13 Å². The van der Waals surface area contributed by atoms with Crippen molar-refractivity contribution in [2.75, 3.05) is 0 Å². The molecule has 6 nitrogen and oxygen atoms in total. The number of rotatable bonds is 2. The lowest BCUT2D eigenvalue weighted by atomic mass is 9.83. The molecule has 0 saturated carbocycles. The molecule has 9 rings (SSSR count). The Balaban J connectivity index is 1.52. The van der Waals surface area contributed by atoms with Crippen LogP contribution in [0.25, 0.3) is 65.4 Å². The van der Waals surface area contributed by atoms with Crippen molar-refractivity contribution in [3.8, 4) is 22.6 Å². The fourth-order valence-electron chi connectivity index (χ4n) is 7.35. The molecule has 2 aromatic carbocycles. The van der Waals surface area contributed by atoms with E-state index in [0.29, 0.717) is 0 Å². The van der Waals surface area contributed by atoms with E-state index in [4.69, 9.17) is 15.1 Å². The fourth-order valence-corrected chi connectivity index (χ4v) is 8.48. The van der Waals surface area contributed by atoms with Crippen LogP contribution in [0.15, 0.2) is 91.4 Å². The third-order valence-electron chi connectivity index (χ3n) is 9.28. The van der Waals surface area contributed by atoms with Gasteiger partial charge in [-0.2, -0.15) is 14.2 Å². The van der Waals surface area contributed by atoms with Crippen molar-refractivity contribution in [3.63, 3.8) is 0 Å². The van der Waals surface area contributed by atoms with Crippen LogP contribution >= 0.6 is 11.3 Å². The highest BCUT2D eigenvalue weighted by molar-refractivity contribution is 7.25. The number of fused-ring (bicyclic) bond motifs is 11. The summed E-state index contributed by atoms with van der Waals surface area (Å²) in [6.45, 7) is 6.69. The summed E-state index contributed by atoms with van der Waals surface area (Å²) in [4.78, 5) is 9.82. The van der Waals surface area contributed by atoms with Gasteiger partial charge in [0.1, 0.15) is 11.9 Å². The summed E-state index contributed by atoms with van der Waals surface area (Å²) in [5.41, 5.74) is 10.5. The van der Waals surface area contributed by atoms with E-state index in [0.717, 1.165) is 46.8 Å². The minimum absolute atomic E-state index is 0.331. The lowest BCUT2D eigenvalue weighted by Gasteiger charge is -2.34. The Kier molecular flexibility index (Phi) is 4.78. The summed E-state index contributed by atoms with van der Waals surface area (Å²) < 4.78 is 9.65. The Hall–Kier alpha value is -4.75. The smallest absolute Gasteiger partial charge is 0.244 e. The highest BCUT2D eigenvalue weighted by Gasteiger charge is 2.53. The Bertz CT molecular complexity index is 2300. The van der Waals surface area contributed by atoms with E-state index in [1.165, 1.54) is 42.7 Å². The van der Waals surface area contributed by atoms with Crippen LogP contribution in [0, 0.1) is 6.92 Å². The number of aromatic nitrogens is 6. The molecule has 0 atom stereocenters. The van der Waals surface area contributed by atoms with Crippen LogP contribution in [0.2, 0.25) is 0 Å². The number of pyridine rings is 2. The summed E-state index contributed by atoms with van der Waals surface area (Å²) >= 11 is 1.86. The minimum atomic E-state index is -0.331. The molecule has 2 aliphatic heterocycles. The predicted molar refractivity (Wildman–Crippen MR) is 168 cm³/mol. The highest BCUT2D eigenvalue weighted by atomic mass is 32.1. The van der Waals surface area contributed by atoms with Crippen LogP contribution in [0.3, 0.4) is 0 Å². The highest BCUT2D eigenvalue weighted by Crippen LogP contribution is 2.48. The van der Waals surface area contributed by atoms with Crippen LogP contribution in [0.4, 0.5) is 0 Å². The van der Waals surface area contributed by atoms with Gasteiger partial charge in [0.15, 0.2) is 28.8 Å². The van der Waals surface area contributed by atoms with Gasteiger partial charge in [-0.25, -0.2) is 9.67 Å². The average molecular weight is 565 g/mol. The van der Waals surface area contributed by atoms with Gasteiger partial charge in [-0.3, -0.25) is 0 Å². The van der Waals surface area contributed by atoms with E-state index >= 15 is 0 Å². The Morgan fingerprint density at radius 2 is 1.69 bits per heavy atom. The standard InChI is InChI=1S/C35H28N6S/c1-4-35(5-2)33(41-28(17-21(3)38-41)27-13-8-9-16-39(27)35)32-25-19-31-24(22-11-6-7-14-30(22)42-31)18-23(25)29-20-37-26-12-10-15-36-34(26)40(29)32/h6-20H,4-5H2,1-3H3/q+2. The number of aryl methyl sites for hydroxylation is 1. The molecule has 202 valence electrons. The number of nitrogens with zero attached hydrogens (tertiary/aromatic N) is 6. The first-order valence-corrected chi connectivity index (χ1v) is 15.4. The van der Waals surface area contributed by atoms with E-state index in [9.17, 15) is 0 Å². The largest absolute Gasteiger partial charge is 0.354 e. The van der Waals surface area contributed by atoms with Gasteiger partial charge in [0.05, 0.1) is 11.9 Å². The number of thiophene rings is 1. The first-order chi connectivity index (χ1) is 20.6. The molecule has 7 heteroatoms. The maximum Gasteiger partial charge on any atom is 0.354 e. The molecule has 42 heavy (non-hydrogen) atoms. The van der Waals surface area contributed by atoms with Gasteiger partial charge < -0.3 is 0 Å². The van der Waals surface area contributed by atoms with Crippen molar-refractivity contribution in [1.82, 2.24) is 19.7 Å². The van der Waals surface area contributed by atoms with E-state index in [1.54, 1.807) is 0 Å². The molecular formula is C35H28N6S+2. The van der Waals surface area contributed by atoms with Crippen molar-refractivity contribution in [1.29, 1.82) is 0 Å². The second-order valence-electron chi connectivity index (χ2n) is 11.3. The zero-order valence-corrected chi connectivity index (χ0v) is 24.5. The molecule has 0 spiro atoms. The molecule has 0 fully saturated rings. The van der Waals surface area contributed by atoms with Crippen LogP contribution in [-0.4, -0.2) is 19.7 Å². The lowest BCUT2D eigenvalue weighted by Crippen LogP contribution is -2.61. The van der Waals surface area contributed by atoms with E-state index in [1.807, 2.05) is 35.9 Å². The van der Waals surface area contributed by atoms with E-state index in [2.05, 4.69) is 101 Å². The SMILES string of the molecule is CCC1(CC)C(=C2c3cc4sc5ccccc5c4cc3-c3cnc4cccnc4[n+]32)n2nc(C)cc2-c2cccc[n+]21. The van der Waals surface area contributed by atoms with Gasteiger partial charge in [-0.05, 0) is 54.4 Å². The van der Waals surface area contributed by atoms with Crippen LogP contribution in [0.1, 0.15) is 37.9 Å². The van der Waals surface area contributed by atoms with E-state index < -0.39 is 0 Å². The molecule has 5 aromatic heterocycles. The lowest BCUT2D eigenvalue weighted by molar-refractivity contribution is -0.743. The maximum absolute atomic E-state index is 5.19. The topological polar surface area (TPSA) is 51.4 Å². The summed E-state index contributed by atoms with van der Waals surface area (Å²) in [5, 5.41) is 7.77. The zero-order valence-electron chi connectivity index (χ0n) is 23.7. The summed E-state index contributed by atoms with van der Waals surface area (Å²) in [6, 6.07) is 26.2. The molecule has 0 bridgehead atoms. The number of hydrogen-bond donors (Lipinski definition) is 0. The second-order valence-corrected chi connectivity index (χ2v) is 12.4. The molecular weight excluding hydrogens is 536 g/mol. The molecule has 0 aliphatic carbocycles. The normalized spacial score (nSPS) is 16.5. The van der Waals surface area contributed by atoms with Gasteiger partial charge in [0.2, 0.25) is 11.2 Å². The van der Waals surface area contributed by atoms with Crippen molar-refractivity contribution in [3.05, 3.63) is 103 Å². The van der Waals surface area contributed by atoms with Gasteiger partial charge in [-0.15, -0.1) is 11.3 Å². The number of hydrogen-bond acceptors (Lipinski definition) is 4. The van der Waals surface area contributed by atoms with Crippen molar-refractivity contribution in [2.24, 2.45) is 0 Å². The summed E-state index contributed by atoms with van der Waals surface area (Å²) in [5.74, 6) is 0. The minimum Gasteiger partial charge on any atom is -0.244 e. The van der Waals surface area contributed by atoms with E-state index in [-0.39, 0.29) is 5.54 Å². The van der Waals surface area contributed by atoms with Gasteiger partial charge in [0.25, 0.3) is 0 Å². The first-order valence-electron chi connectivity index (χ1n) is 14.6. The van der Waals surface area contributed by atoms with Crippen molar-refractivity contribution >= 4 is 54.1 Å². The fraction of sp³-hybridized carbons (Fsp3) is 0.171. The average Bonchev–Trinajstić information content (AvgIpc) is 3.70. The summed E-state index contributed by atoms with van der Waals surface area (Å²) in [6.07, 6.45) is 7.96. The predicted octanol–water partition coefficient (Wildman–Crippen LogP) is 7.13. The Labute approximate surface area is 246 Å². The Morgan fingerprint density at radius 3 is 2.57 bits per heavy atom. The maximum atomic E-state index is 5.19. The molecule has 2 aliphatic rings. The Morgan fingerprint density at radius 1 is 0.833 bits per heavy atom. The monoisotopic (exact) mass is 564 g/mol. The summed E-state index contributed by atoms with van der Waals surface area (Å²) in [7, 11) is 0. The second kappa shape index (κ2) is 8.39. The molecule has 0 saturated heterocycles. The molecule has 0 radical (unpaired) electrons. The molecule has 0 amide bonds. The third-order valence-corrected chi connectivity index (χ3v) is 10.4. The molecule has 7 heterocycles. The first kappa shape index (κ1) is 23.9. The molecule has 0 N–H and O–H groups in total. The number of allylic oxidation sites excluding steroid dienone is 1.